The summed E-state index contributed by atoms with van der Waals surface area (Å²) < 4.78 is 38.4. The van der Waals surface area contributed by atoms with E-state index in [1.54, 1.807) is 0 Å². The van der Waals surface area contributed by atoms with E-state index >= 15 is 0 Å². The van der Waals surface area contributed by atoms with Gasteiger partial charge in [-0.1, -0.05) is 0 Å². The molecule has 3 nitrogen and oxygen atoms in total. The van der Waals surface area contributed by atoms with Crippen LogP contribution in [0, 0.1) is 5.92 Å². The number of carboxylic acids is 1. The molecule has 0 amide bonds. The molecule has 0 radical (unpaired) electrons. The first kappa shape index (κ1) is 10.3. The van der Waals surface area contributed by atoms with Gasteiger partial charge in [0.2, 0.25) is 0 Å². The minimum atomic E-state index is -4.60. The van der Waals surface area contributed by atoms with Crippen molar-refractivity contribution in [1.29, 1.82) is 0 Å². The number of hydrogen-bond donors (Lipinski definition) is 1. The number of rotatable bonds is 3. The van der Waals surface area contributed by atoms with Gasteiger partial charge in [-0.2, -0.15) is 0 Å². The van der Waals surface area contributed by atoms with Gasteiger partial charge >= 0.3 is 12.3 Å². The number of carbonyl (C=O) groups is 1. The van der Waals surface area contributed by atoms with E-state index in [1.165, 1.54) is 0 Å². The Morgan fingerprint density at radius 3 is 2.38 bits per heavy atom. The molecule has 0 aromatic carbocycles. The maximum absolute atomic E-state index is 11.6. The Labute approximate surface area is 72.5 Å². The summed E-state index contributed by atoms with van der Waals surface area (Å²) in [5.74, 6) is -1.14. The second-order valence-corrected chi connectivity index (χ2v) is 3.12. The summed E-state index contributed by atoms with van der Waals surface area (Å²) in [7, 11) is 0. The van der Waals surface area contributed by atoms with Gasteiger partial charge in [0.25, 0.3) is 0 Å². The third kappa shape index (κ3) is 3.63. The zero-order valence-electron chi connectivity index (χ0n) is 6.67. The van der Waals surface area contributed by atoms with Gasteiger partial charge in [-0.15, -0.1) is 13.2 Å². The molecule has 0 bridgehead atoms. The number of aliphatic carboxylic acids is 1. The predicted octanol–water partition coefficient (Wildman–Crippen LogP) is 1.78. The SMILES string of the molecule is O=C(O)CC1CC(OC(F)(F)F)C1. The Morgan fingerprint density at radius 2 is 2.00 bits per heavy atom. The fourth-order valence-electron chi connectivity index (χ4n) is 1.37. The molecule has 1 fully saturated rings. The van der Waals surface area contributed by atoms with E-state index < -0.39 is 18.4 Å². The van der Waals surface area contributed by atoms with E-state index in [0.717, 1.165) is 0 Å². The molecule has 0 heterocycles. The summed E-state index contributed by atoms with van der Waals surface area (Å²) in [5.41, 5.74) is 0. The van der Waals surface area contributed by atoms with Gasteiger partial charge in [0, 0.05) is 6.42 Å². The second-order valence-electron chi connectivity index (χ2n) is 3.12. The maximum atomic E-state index is 11.6. The van der Waals surface area contributed by atoms with Crippen LogP contribution < -0.4 is 0 Å². The standard InChI is InChI=1S/C7H9F3O3/c8-7(9,10)13-5-1-4(2-5)3-6(11)12/h4-5H,1-3H2,(H,11,12). The van der Waals surface area contributed by atoms with Crippen LogP contribution in [0.1, 0.15) is 19.3 Å². The van der Waals surface area contributed by atoms with Crippen molar-refractivity contribution in [3.8, 4) is 0 Å². The molecular formula is C7H9F3O3. The first-order valence-electron chi connectivity index (χ1n) is 3.83. The topological polar surface area (TPSA) is 46.5 Å². The van der Waals surface area contributed by atoms with Gasteiger partial charge in [0.1, 0.15) is 0 Å². The average molecular weight is 198 g/mol. The number of alkyl halides is 3. The van der Waals surface area contributed by atoms with E-state index in [4.69, 9.17) is 5.11 Å². The zero-order chi connectivity index (χ0) is 10.1. The predicted molar refractivity (Wildman–Crippen MR) is 35.9 cm³/mol. The highest BCUT2D eigenvalue weighted by atomic mass is 19.4. The highest BCUT2D eigenvalue weighted by molar-refractivity contribution is 5.67. The van der Waals surface area contributed by atoms with Crippen LogP contribution in [0.25, 0.3) is 0 Å². The van der Waals surface area contributed by atoms with Crippen molar-refractivity contribution in [1.82, 2.24) is 0 Å². The normalized spacial score (nSPS) is 28.2. The molecule has 1 saturated carbocycles. The van der Waals surface area contributed by atoms with Crippen molar-refractivity contribution in [3.05, 3.63) is 0 Å². The third-order valence-corrected chi connectivity index (χ3v) is 1.96. The summed E-state index contributed by atoms with van der Waals surface area (Å²) in [6.45, 7) is 0. The Morgan fingerprint density at radius 1 is 1.46 bits per heavy atom. The monoisotopic (exact) mass is 198 g/mol. The van der Waals surface area contributed by atoms with Gasteiger partial charge in [-0.3, -0.25) is 9.53 Å². The second kappa shape index (κ2) is 3.53. The minimum Gasteiger partial charge on any atom is -0.481 e. The van der Waals surface area contributed by atoms with Crippen LogP contribution in [0.4, 0.5) is 13.2 Å². The highest BCUT2D eigenvalue weighted by Crippen LogP contribution is 2.36. The molecule has 0 saturated heterocycles. The van der Waals surface area contributed by atoms with Crippen LogP contribution in [-0.2, 0) is 9.53 Å². The van der Waals surface area contributed by atoms with Gasteiger partial charge < -0.3 is 5.11 Å². The lowest BCUT2D eigenvalue weighted by Crippen LogP contribution is -2.36. The van der Waals surface area contributed by atoms with Crippen molar-refractivity contribution in [2.45, 2.75) is 31.7 Å². The molecule has 1 aliphatic carbocycles. The lowest BCUT2D eigenvalue weighted by atomic mass is 9.80. The van der Waals surface area contributed by atoms with Crippen molar-refractivity contribution in [2.75, 3.05) is 0 Å². The first-order chi connectivity index (χ1) is 5.87. The highest BCUT2D eigenvalue weighted by Gasteiger charge is 2.40. The largest absolute Gasteiger partial charge is 0.522 e. The van der Waals surface area contributed by atoms with Crippen LogP contribution in [0.15, 0.2) is 0 Å². The zero-order valence-corrected chi connectivity index (χ0v) is 6.67. The molecule has 1 rings (SSSR count). The Balaban J connectivity index is 2.15. The van der Waals surface area contributed by atoms with E-state index in [-0.39, 0.29) is 25.2 Å². The van der Waals surface area contributed by atoms with Crippen molar-refractivity contribution in [3.63, 3.8) is 0 Å². The minimum absolute atomic E-state index is 0.0717. The molecule has 0 aromatic rings. The van der Waals surface area contributed by atoms with E-state index in [0.29, 0.717) is 0 Å². The number of hydrogen-bond acceptors (Lipinski definition) is 2. The molecular weight excluding hydrogens is 189 g/mol. The Hall–Kier alpha value is -0.780. The molecule has 1 N–H and O–H groups in total. The first-order valence-corrected chi connectivity index (χ1v) is 3.83. The molecule has 1 aliphatic rings. The van der Waals surface area contributed by atoms with Crippen LogP contribution in [0.3, 0.4) is 0 Å². The molecule has 0 atom stereocenters. The van der Waals surface area contributed by atoms with Crippen LogP contribution in [0.5, 0.6) is 0 Å². The third-order valence-electron chi connectivity index (χ3n) is 1.96. The number of halogens is 3. The maximum Gasteiger partial charge on any atom is 0.522 e. The lowest BCUT2D eigenvalue weighted by molar-refractivity contribution is -0.354. The molecule has 0 spiro atoms. The molecule has 0 aliphatic heterocycles. The fraction of sp³-hybridized carbons (Fsp3) is 0.857. The Bertz CT molecular complexity index is 196. The summed E-state index contributed by atoms with van der Waals surface area (Å²) in [6, 6.07) is 0. The molecule has 0 unspecified atom stereocenters. The van der Waals surface area contributed by atoms with Crippen LogP contribution in [0.2, 0.25) is 0 Å². The summed E-state index contributed by atoms with van der Waals surface area (Å²) in [4.78, 5) is 10.1. The molecule has 76 valence electrons. The van der Waals surface area contributed by atoms with E-state index in [1.807, 2.05) is 0 Å². The number of carboxylic acid groups (broad SMARTS) is 1. The quantitative estimate of drug-likeness (QED) is 0.751. The van der Waals surface area contributed by atoms with Crippen LogP contribution in [-0.4, -0.2) is 23.5 Å². The van der Waals surface area contributed by atoms with E-state index in [9.17, 15) is 18.0 Å². The summed E-state index contributed by atoms with van der Waals surface area (Å²) >= 11 is 0. The fourth-order valence-corrected chi connectivity index (χ4v) is 1.37. The molecule has 13 heavy (non-hydrogen) atoms. The van der Waals surface area contributed by atoms with E-state index in [2.05, 4.69) is 4.74 Å². The molecule has 6 heteroatoms. The van der Waals surface area contributed by atoms with Crippen molar-refractivity contribution >= 4 is 5.97 Å². The Kier molecular flexibility index (Phi) is 2.80. The summed E-state index contributed by atoms with van der Waals surface area (Å²) in [5, 5.41) is 8.30. The molecule has 0 aromatic heterocycles. The van der Waals surface area contributed by atoms with Crippen molar-refractivity contribution < 1.29 is 27.8 Å². The lowest BCUT2D eigenvalue weighted by Gasteiger charge is -2.34. The van der Waals surface area contributed by atoms with Gasteiger partial charge in [0.15, 0.2) is 0 Å². The van der Waals surface area contributed by atoms with Gasteiger partial charge in [0.05, 0.1) is 6.10 Å². The van der Waals surface area contributed by atoms with Gasteiger partial charge in [-0.05, 0) is 18.8 Å². The average Bonchev–Trinajstić information content (AvgIpc) is 1.78. The smallest absolute Gasteiger partial charge is 0.481 e. The number of ether oxygens (including phenoxy) is 1. The van der Waals surface area contributed by atoms with Crippen LogP contribution >= 0.6 is 0 Å². The van der Waals surface area contributed by atoms with Crippen molar-refractivity contribution in [2.24, 2.45) is 5.92 Å². The van der Waals surface area contributed by atoms with Gasteiger partial charge in [-0.25, -0.2) is 0 Å². The summed E-state index contributed by atoms with van der Waals surface area (Å²) in [6.07, 6.45) is -5.14.